The molecule has 0 fully saturated rings. The second-order valence-electron chi connectivity index (χ2n) is 4.93. The zero-order chi connectivity index (χ0) is 15.2. The third kappa shape index (κ3) is 4.26. The van der Waals surface area contributed by atoms with Crippen molar-refractivity contribution in [1.29, 1.82) is 0 Å². The minimum absolute atomic E-state index is 0.392. The molecule has 1 N–H and O–H groups in total. The highest BCUT2D eigenvalue weighted by Crippen LogP contribution is 2.20. The summed E-state index contributed by atoms with van der Waals surface area (Å²) < 4.78 is 11.4. The summed E-state index contributed by atoms with van der Waals surface area (Å²) in [6, 6.07) is 18.1. The summed E-state index contributed by atoms with van der Waals surface area (Å²) in [6.07, 6.45) is 2.45. The van der Waals surface area contributed by atoms with Crippen LogP contribution in [-0.2, 0) is 22.0 Å². The molecule has 2 rings (SSSR count). The van der Waals surface area contributed by atoms with Gasteiger partial charge in [-0.25, -0.2) is 0 Å². The number of carboxylic acids is 1. The van der Waals surface area contributed by atoms with Gasteiger partial charge < -0.3 is 5.11 Å². The number of aryl methyl sites for hydroxylation is 1. The highest BCUT2D eigenvalue weighted by molar-refractivity contribution is 7.85. The number of hydrogen-bond donors (Lipinski definition) is 1. The molecule has 3 nitrogen and oxygen atoms in total. The van der Waals surface area contributed by atoms with E-state index >= 15 is 0 Å². The van der Waals surface area contributed by atoms with Crippen molar-refractivity contribution in [2.45, 2.75) is 18.1 Å². The number of carboxylic acid groups (broad SMARTS) is 1. The van der Waals surface area contributed by atoms with Crippen LogP contribution >= 0.6 is 0 Å². The second-order valence-corrected chi connectivity index (χ2v) is 6.49. The summed E-state index contributed by atoms with van der Waals surface area (Å²) >= 11 is 0. The van der Waals surface area contributed by atoms with Crippen LogP contribution < -0.4 is 0 Å². The summed E-state index contributed by atoms with van der Waals surface area (Å²) in [7, 11) is -1.34. The fraction of sp³-hybridized carbons (Fsp3) is 0.235. The Labute approximate surface area is 127 Å². The van der Waals surface area contributed by atoms with Gasteiger partial charge in [0.15, 0.2) is 0 Å². The molecule has 110 valence electrons. The average Bonchev–Trinajstić information content (AvgIpc) is 2.48. The van der Waals surface area contributed by atoms with E-state index in [1.165, 1.54) is 6.26 Å². The highest BCUT2D eigenvalue weighted by Gasteiger charge is 2.20. The van der Waals surface area contributed by atoms with Crippen molar-refractivity contribution in [1.82, 2.24) is 0 Å². The van der Waals surface area contributed by atoms with Gasteiger partial charge in [-0.3, -0.25) is 9.00 Å². The summed E-state index contributed by atoms with van der Waals surface area (Å²) in [4.78, 5) is 11.0. The standard InChI is InChI=1S/C17H18O3S/c1-21(20)16(17(18)19)12-9-13-7-10-15(11-8-13)14-5-3-2-4-6-14/h2-8,10-11,16H,9,12H2,1H3,(H,18,19). The third-order valence-electron chi connectivity index (χ3n) is 3.43. The maximum absolute atomic E-state index is 11.4. The fourth-order valence-electron chi connectivity index (χ4n) is 2.22. The van der Waals surface area contributed by atoms with Gasteiger partial charge in [-0.05, 0) is 29.5 Å². The molecule has 4 heteroatoms. The Balaban J connectivity index is 2.03. The Morgan fingerprint density at radius 3 is 2.14 bits per heavy atom. The fourth-order valence-corrected chi connectivity index (χ4v) is 2.96. The highest BCUT2D eigenvalue weighted by atomic mass is 32.2. The number of benzene rings is 2. The molecule has 0 aliphatic carbocycles. The Hall–Kier alpha value is -1.94. The van der Waals surface area contributed by atoms with Crippen LogP contribution in [0.3, 0.4) is 0 Å². The van der Waals surface area contributed by atoms with Crippen molar-refractivity contribution in [3.8, 4) is 11.1 Å². The predicted molar refractivity (Wildman–Crippen MR) is 85.7 cm³/mol. The van der Waals surface area contributed by atoms with Crippen LogP contribution in [0.2, 0.25) is 0 Å². The van der Waals surface area contributed by atoms with Crippen molar-refractivity contribution in [3.63, 3.8) is 0 Å². The van der Waals surface area contributed by atoms with Crippen LogP contribution in [0.5, 0.6) is 0 Å². The van der Waals surface area contributed by atoms with Crippen LogP contribution in [-0.4, -0.2) is 26.8 Å². The summed E-state index contributed by atoms with van der Waals surface area (Å²) in [6.45, 7) is 0. The lowest BCUT2D eigenvalue weighted by Crippen LogP contribution is -2.25. The lowest BCUT2D eigenvalue weighted by atomic mass is 10.0. The van der Waals surface area contributed by atoms with Crippen LogP contribution in [0, 0.1) is 0 Å². The maximum atomic E-state index is 11.4. The Morgan fingerprint density at radius 2 is 1.62 bits per heavy atom. The number of aliphatic carboxylic acids is 1. The minimum Gasteiger partial charge on any atom is -0.480 e. The second kappa shape index (κ2) is 7.18. The molecule has 0 saturated heterocycles. The molecule has 2 aromatic carbocycles. The molecule has 0 bridgehead atoms. The molecule has 2 atom stereocenters. The summed E-state index contributed by atoms with van der Waals surface area (Å²) in [5.74, 6) is -0.989. The van der Waals surface area contributed by atoms with Gasteiger partial charge in [0, 0.05) is 17.1 Å². The smallest absolute Gasteiger partial charge is 0.319 e. The van der Waals surface area contributed by atoms with Gasteiger partial charge in [-0.2, -0.15) is 0 Å². The maximum Gasteiger partial charge on any atom is 0.319 e. The van der Waals surface area contributed by atoms with E-state index in [9.17, 15) is 9.00 Å². The molecule has 0 spiro atoms. The number of rotatable bonds is 6. The molecule has 2 unspecified atom stereocenters. The quantitative estimate of drug-likeness (QED) is 0.892. The van der Waals surface area contributed by atoms with Crippen LogP contribution in [0.1, 0.15) is 12.0 Å². The molecule has 0 saturated carbocycles. The molecule has 0 heterocycles. The molecule has 21 heavy (non-hydrogen) atoms. The molecule has 0 amide bonds. The predicted octanol–water partition coefficient (Wildman–Crippen LogP) is 3.12. The van der Waals surface area contributed by atoms with Gasteiger partial charge in [-0.15, -0.1) is 0 Å². The van der Waals surface area contributed by atoms with Crippen molar-refractivity contribution >= 4 is 16.8 Å². The molecular weight excluding hydrogens is 284 g/mol. The van der Waals surface area contributed by atoms with Gasteiger partial charge in [-0.1, -0.05) is 54.6 Å². The largest absolute Gasteiger partial charge is 0.480 e. The minimum atomic E-state index is -1.34. The first kappa shape index (κ1) is 15.4. The van der Waals surface area contributed by atoms with Crippen LogP contribution in [0.25, 0.3) is 11.1 Å². The Kier molecular flexibility index (Phi) is 5.28. The number of carbonyl (C=O) groups is 1. The lowest BCUT2D eigenvalue weighted by Gasteiger charge is -2.09. The van der Waals surface area contributed by atoms with E-state index in [0.717, 1.165) is 16.7 Å². The average molecular weight is 302 g/mol. The van der Waals surface area contributed by atoms with Gasteiger partial charge in [0.25, 0.3) is 0 Å². The monoisotopic (exact) mass is 302 g/mol. The van der Waals surface area contributed by atoms with E-state index in [-0.39, 0.29) is 0 Å². The molecule has 2 aromatic rings. The number of hydrogen-bond acceptors (Lipinski definition) is 2. The van der Waals surface area contributed by atoms with Gasteiger partial charge >= 0.3 is 5.97 Å². The van der Waals surface area contributed by atoms with E-state index in [1.54, 1.807) is 0 Å². The Morgan fingerprint density at radius 1 is 1.05 bits per heavy atom. The topological polar surface area (TPSA) is 54.4 Å². The molecule has 0 radical (unpaired) electrons. The SMILES string of the molecule is CS(=O)C(CCc1ccc(-c2ccccc2)cc1)C(=O)O. The van der Waals surface area contributed by atoms with Gasteiger partial charge in [0.1, 0.15) is 5.25 Å². The third-order valence-corrected chi connectivity index (χ3v) is 4.67. The van der Waals surface area contributed by atoms with Crippen molar-refractivity contribution in [3.05, 3.63) is 60.2 Å². The zero-order valence-corrected chi connectivity index (χ0v) is 12.7. The summed E-state index contributed by atoms with van der Waals surface area (Å²) in [5, 5.41) is 8.23. The molecule has 0 aliphatic heterocycles. The van der Waals surface area contributed by atoms with Gasteiger partial charge in [0.2, 0.25) is 0 Å². The molecule has 0 aromatic heterocycles. The van der Waals surface area contributed by atoms with Gasteiger partial charge in [0.05, 0.1) is 0 Å². The zero-order valence-electron chi connectivity index (χ0n) is 11.9. The van der Waals surface area contributed by atoms with Crippen LogP contribution in [0.15, 0.2) is 54.6 Å². The van der Waals surface area contributed by atoms with Crippen molar-refractivity contribution < 1.29 is 14.1 Å². The summed E-state index contributed by atoms with van der Waals surface area (Å²) in [5.41, 5.74) is 3.35. The van der Waals surface area contributed by atoms with E-state index in [4.69, 9.17) is 5.11 Å². The normalized spacial score (nSPS) is 13.6. The van der Waals surface area contributed by atoms with Crippen molar-refractivity contribution in [2.24, 2.45) is 0 Å². The first-order chi connectivity index (χ1) is 10.1. The Bertz CT molecular complexity index is 606. The van der Waals surface area contributed by atoms with E-state index in [0.29, 0.717) is 12.8 Å². The molecule has 0 aliphatic rings. The van der Waals surface area contributed by atoms with E-state index in [2.05, 4.69) is 12.1 Å². The first-order valence-corrected chi connectivity index (χ1v) is 8.39. The first-order valence-electron chi connectivity index (χ1n) is 6.77. The van der Waals surface area contributed by atoms with Crippen LogP contribution in [0.4, 0.5) is 0 Å². The van der Waals surface area contributed by atoms with E-state index in [1.807, 2.05) is 42.5 Å². The lowest BCUT2D eigenvalue weighted by molar-refractivity contribution is -0.136. The van der Waals surface area contributed by atoms with E-state index < -0.39 is 22.0 Å². The molecular formula is C17H18O3S. The van der Waals surface area contributed by atoms with Crippen molar-refractivity contribution in [2.75, 3.05) is 6.26 Å².